The van der Waals surface area contributed by atoms with Crippen LogP contribution in [0.15, 0.2) is 36.4 Å². The molecule has 0 aliphatic heterocycles. The first-order valence-electron chi connectivity index (χ1n) is 4.65. The van der Waals surface area contributed by atoms with E-state index >= 15 is 0 Å². The van der Waals surface area contributed by atoms with Gasteiger partial charge in [0.25, 0.3) is 0 Å². The Kier molecular flexibility index (Phi) is 1.62. The normalized spacial score (nSPS) is 11.2. The molecule has 0 spiro atoms. The summed E-state index contributed by atoms with van der Waals surface area (Å²) in [5, 5.41) is 2.73. The summed E-state index contributed by atoms with van der Waals surface area (Å²) in [5.74, 6) is 0. The van der Waals surface area contributed by atoms with Crippen molar-refractivity contribution in [3.05, 3.63) is 48.0 Å². The zero-order chi connectivity index (χ0) is 9.54. The molecule has 67 valence electrons. The van der Waals surface area contributed by atoms with Gasteiger partial charge in [-0.3, -0.25) is 0 Å². The highest BCUT2D eigenvalue weighted by Gasteiger charge is 2.04. The average Bonchev–Trinajstić information content (AvgIpc) is 2.59. The molecule has 1 heteroatoms. The van der Waals surface area contributed by atoms with Crippen molar-refractivity contribution in [2.45, 2.75) is 6.92 Å². The largest absolute Gasteiger partial charge is 0.135 e. The van der Waals surface area contributed by atoms with Crippen molar-refractivity contribution >= 4 is 31.5 Å². The predicted molar refractivity (Wildman–Crippen MR) is 62.9 cm³/mol. The van der Waals surface area contributed by atoms with Gasteiger partial charge in [-0.15, -0.1) is 11.3 Å². The molecule has 0 N–H and O–H groups in total. The third kappa shape index (κ3) is 0.992. The molecule has 0 nitrogen and oxygen atoms in total. The van der Waals surface area contributed by atoms with E-state index in [1.165, 1.54) is 25.7 Å². The molecule has 2 aromatic carbocycles. The summed E-state index contributed by atoms with van der Waals surface area (Å²) in [6.45, 7) is 2.12. The fraction of sp³-hybridized carbons (Fsp3) is 0.0769. The number of thiophene rings is 1. The molecule has 1 radical (unpaired) electrons. The molecule has 0 bridgehead atoms. The Morgan fingerprint density at radius 2 is 1.93 bits per heavy atom. The van der Waals surface area contributed by atoms with Gasteiger partial charge < -0.3 is 0 Å². The molecular formula is C13H9S. The topological polar surface area (TPSA) is 0 Å². The first-order chi connectivity index (χ1) is 6.86. The Morgan fingerprint density at radius 1 is 1.07 bits per heavy atom. The summed E-state index contributed by atoms with van der Waals surface area (Å²) in [7, 11) is 0. The van der Waals surface area contributed by atoms with Gasteiger partial charge >= 0.3 is 0 Å². The SMILES string of the molecule is Cc1[c]ccc2c1sc1ccccc12. The first-order valence-corrected chi connectivity index (χ1v) is 5.46. The lowest BCUT2D eigenvalue weighted by atomic mass is 10.1. The second-order valence-corrected chi connectivity index (χ2v) is 4.50. The number of benzene rings is 2. The fourth-order valence-electron chi connectivity index (χ4n) is 1.82. The summed E-state index contributed by atoms with van der Waals surface area (Å²) in [6, 6.07) is 16.0. The van der Waals surface area contributed by atoms with Gasteiger partial charge in [-0.25, -0.2) is 0 Å². The minimum absolute atomic E-state index is 1.25. The lowest BCUT2D eigenvalue weighted by Crippen LogP contribution is -1.70. The van der Waals surface area contributed by atoms with Crippen LogP contribution in [0.3, 0.4) is 0 Å². The molecule has 0 amide bonds. The van der Waals surface area contributed by atoms with Gasteiger partial charge in [-0.1, -0.05) is 30.3 Å². The Hall–Kier alpha value is -1.34. The molecule has 0 fully saturated rings. The fourth-order valence-corrected chi connectivity index (χ4v) is 2.98. The molecule has 0 unspecified atom stereocenters. The van der Waals surface area contributed by atoms with Gasteiger partial charge in [0, 0.05) is 20.2 Å². The maximum absolute atomic E-state index is 3.25. The van der Waals surface area contributed by atoms with Crippen LogP contribution in [0.4, 0.5) is 0 Å². The smallest absolute Gasteiger partial charge is 0.0390 e. The van der Waals surface area contributed by atoms with Crippen LogP contribution >= 0.6 is 11.3 Å². The van der Waals surface area contributed by atoms with Crippen LogP contribution in [0.25, 0.3) is 20.2 Å². The highest BCUT2D eigenvalue weighted by molar-refractivity contribution is 7.26. The van der Waals surface area contributed by atoms with E-state index in [0.29, 0.717) is 0 Å². The molecule has 3 rings (SSSR count). The van der Waals surface area contributed by atoms with Crippen LogP contribution in [0.1, 0.15) is 5.56 Å². The van der Waals surface area contributed by atoms with Crippen LogP contribution in [0.5, 0.6) is 0 Å². The molecule has 1 heterocycles. The second kappa shape index (κ2) is 2.82. The summed E-state index contributed by atoms with van der Waals surface area (Å²) in [5.41, 5.74) is 1.25. The Bertz CT molecular complexity index is 605. The second-order valence-electron chi connectivity index (χ2n) is 3.44. The minimum atomic E-state index is 1.25. The lowest BCUT2D eigenvalue weighted by molar-refractivity contribution is 1.55. The highest BCUT2D eigenvalue weighted by Crippen LogP contribution is 2.34. The quantitative estimate of drug-likeness (QED) is 0.507. The van der Waals surface area contributed by atoms with E-state index in [2.05, 4.69) is 43.3 Å². The third-order valence-electron chi connectivity index (χ3n) is 2.52. The van der Waals surface area contributed by atoms with Gasteiger partial charge in [0.2, 0.25) is 0 Å². The Labute approximate surface area is 86.8 Å². The number of aryl methyl sites for hydroxylation is 1. The van der Waals surface area contributed by atoms with E-state index in [1.54, 1.807) is 0 Å². The van der Waals surface area contributed by atoms with Gasteiger partial charge in [0.1, 0.15) is 0 Å². The molecule has 1 aromatic heterocycles. The maximum Gasteiger partial charge on any atom is 0.0390 e. The van der Waals surface area contributed by atoms with Crippen LogP contribution in [-0.4, -0.2) is 0 Å². The van der Waals surface area contributed by atoms with Crippen LogP contribution in [0, 0.1) is 13.0 Å². The monoisotopic (exact) mass is 197 g/mol. The molecule has 0 aliphatic rings. The summed E-state index contributed by atoms with van der Waals surface area (Å²) in [4.78, 5) is 0. The van der Waals surface area contributed by atoms with E-state index in [1.807, 2.05) is 17.4 Å². The van der Waals surface area contributed by atoms with E-state index in [-0.39, 0.29) is 0 Å². The molecular weight excluding hydrogens is 188 g/mol. The average molecular weight is 197 g/mol. The zero-order valence-electron chi connectivity index (χ0n) is 7.87. The molecule has 0 atom stereocenters. The molecule has 0 aliphatic carbocycles. The Morgan fingerprint density at radius 3 is 2.86 bits per heavy atom. The minimum Gasteiger partial charge on any atom is -0.135 e. The van der Waals surface area contributed by atoms with Crippen molar-refractivity contribution in [2.75, 3.05) is 0 Å². The van der Waals surface area contributed by atoms with Crippen molar-refractivity contribution in [1.82, 2.24) is 0 Å². The number of hydrogen-bond acceptors (Lipinski definition) is 1. The van der Waals surface area contributed by atoms with Gasteiger partial charge in [-0.2, -0.15) is 0 Å². The molecule has 0 saturated heterocycles. The zero-order valence-corrected chi connectivity index (χ0v) is 8.69. The van der Waals surface area contributed by atoms with Crippen molar-refractivity contribution in [1.29, 1.82) is 0 Å². The number of hydrogen-bond donors (Lipinski definition) is 0. The van der Waals surface area contributed by atoms with E-state index < -0.39 is 0 Å². The Balaban J connectivity index is 2.63. The highest BCUT2D eigenvalue weighted by atomic mass is 32.1. The predicted octanol–water partition coefficient (Wildman–Crippen LogP) is 4.16. The molecule has 3 aromatic rings. The van der Waals surface area contributed by atoms with Gasteiger partial charge in [0.15, 0.2) is 0 Å². The van der Waals surface area contributed by atoms with E-state index in [4.69, 9.17) is 0 Å². The summed E-state index contributed by atoms with van der Waals surface area (Å²) >= 11 is 1.86. The van der Waals surface area contributed by atoms with E-state index in [0.717, 1.165) is 0 Å². The van der Waals surface area contributed by atoms with Gasteiger partial charge in [0.05, 0.1) is 0 Å². The third-order valence-corrected chi connectivity index (χ3v) is 3.83. The summed E-state index contributed by atoms with van der Waals surface area (Å²) < 4.78 is 2.74. The standard InChI is InChI=1S/C13H9S/c1-9-5-4-7-11-10-6-2-3-8-12(10)14-13(9)11/h2-4,6-8H,1H3. The van der Waals surface area contributed by atoms with Crippen LogP contribution in [-0.2, 0) is 0 Å². The molecule has 14 heavy (non-hydrogen) atoms. The van der Waals surface area contributed by atoms with Crippen molar-refractivity contribution in [3.63, 3.8) is 0 Å². The summed E-state index contributed by atoms with van der Waals surface area (Å²) in [6.07, 6.45) is 0. The van der Waals surface area contributed by atoms with Crippen molar-refractivity contribution in [3.8, 4) is 0 Å². The number of fused-ring (bicyclic) bond motifs is 3. The van der Waals surface area contributed by atoms with Crippen molar-refractivity contribution in [2.24, 2.45) is 0 Å². The molecule has 0 saturated carbocycles. The van der Waals surface area contributed by atoms with Crippen LogP contribution in [0.2, 0.25) is 0 Å². The number of rotatable bonds is 0. The lowest BCUT2D eigenvalue weighted by Gasteiger charge is -1.92. The maximum atomic E-state index is 3.25. The van der Waals surface area contributed by atoms with Crippen LogP contribution < -0.4 is 0 Å². The van der Waals surface area contributed by atoms with Crippen molar-refractivity contribution < 1.29 is 0 Å². The first kappa shape index (κ1) is 8.01. The van der Waals surface area contributed by atoms with E-state index in [9.17, 15) is 0 Å². The van der Waals surface area contributed by atoms with Gasteiger partial charge in [-0.05, 0) is 24.6 Å².